The lowest BCUT2D eigenvalue weighted by Crippen LogP contribution is -2.26. The molecular formula is C8H11N. The van der Waals surface area contributed by atoms with Crippen LogP contribution in [0.1, 0.15) is 0 Å². The van der Waals surface area contributed by atoms with Crippen LogP contribution in [-0.2, 0) is 0 Å². The average molecular weight is 121 g/mol. The van der Waals surface area contributed by atoms with Crippen molar-refractivity contribution in [2.75, 3.05) is 13.1 Å². The van der Waals surface area contributed by atoms with Gasteiger partial charge in [0.1, 0.15) is 0 Å². The minimum absolute atomic E-state index is 0.859. The summed E-state index contributed by atoms with van der Waals surface area (Å²) in [7, 11) is 0. The van der Waals surface area contributed by atoms with E-state index < -0.39 is 0 Å². The van der Waals surface area contributed by atoms with Gasteiger partial charge in [-0.05, 0) is 16.7 Å². The van der Waals surface area contributed by atoms with E-state index in [1.807, 2.05) is 0 Å². The highest BCUT2D eigenvalue weighted by Gasteiger charge is 2.08. The molecule has 0 aromatic heterocycles. The van der Waals surface area contributed by atoms with E-state index in [1.165, 1.54) is 0 Å². The Morgan fingerprint density at radius 1 is 1.00 bits per heavy atom. The van der Waals surface area contributed by atoms with E-state index in [2.05, 4.69) is 25.1 Å². The van der Waals surface area contributed by atoms with Crippen molar-refractivity contribution in [2.24, 2.45) is 0 Å². The molecule has 1 heterocycles. The standard InChI is InChI=1S/C8H11N/c1-6-4-9-5-7(2)8(6)3/h9H,1-5H2. The minimum Gasteiger partial charge on any atom is -0.309 e. The van der Waals surface area contributed by atoms with Gasteiger partial charge in [-0.3, -0.25) is 0 Å². The maximum atomic E-state index is 3.84. The first-order valence-corrected chi connectivity index (χ1v) is 2.97. The zero-order valence-corrected chi connectivity index (χ0v) is 5.54. The Morgan fingerprint density at radius 3 is 1.78 bits per heavy atom. The Hall–Kier alpha value is -0.820. The third-order valence-corrected chi connectivity index (χ3v) is 1.53. The van der Waals surface area contributed by atoms with Gasteiger partial charge in [-0.2, -0.15) is 0 Å². The molecule has 0 spiro atoms. The Balaban J connectivity index is 2.74. The maximum absolute atomic E-state index is 3.84. The topological polar surface area (TPSA) is 12.0 Å². The summed E-state index contributed by atoms with van der Waals surface area (Å²) in [5.74, 6) is 0. The fourth-order valence-corrected chi connectivity index (χ4v) is 0.828. The molecule has 0 aliphatic carbocycles. The molecule has 1 rings (SSSR count). The Labute approximate surface area is 55.8 Å². The smallest absolute Gasteiger partial charge is 0.0208 e. The van der Waals surface area contributed by atoms with Crippen LogP contribution in [0.2, 0.25) is 0 Å². The van der Waals surface area contributed by atoms with Crippen LogP contribution >= 0.6 is 0 Å². The maximum Gasteiger partial charge on any atom is 0.0208 e. The van der Waals surface area contributed by atoms with Gasteiger partial charge in [0, 0.05) is 13.1 Å². The second-order valence-electron chi connectivity index (χ2n) is 2.29. The molecule has 9 heavy (non-hydrogen) atoms. The largest absolute Gasteiger partial charge is 0.309 e. The van der Waals surface area contributed by atoms with Crippen LogP contribution in [0, 0.1) is 0 Å². The number of hydrogen-bond acceptors (Lipinski definition) is 1. The lowest BCUT2D eigenvalue weighted by Gasteiger charge is -2.19. The van der Waals surface area contributed by atoms with Gasteiger partial charge < -0.3 is 5.32 Å². The molecule has 0 radical (unpaired) electrons. The van der Waals surface area contributed by atoms with E-state index in [4.69, 9.17) is 0 Å². The van der Waals surface area contributed by atoms with Crippen molar-refractivity contribution in [1.82, 2.24) is 5.32 Å². The molecular weight excluding hydrogens is 110 g/mol. The molecule has 1 saturated heterocycles. The molecule has 0 unspecified atom stereocenters. The van der Waals surface area contributed by atoms with Crippen LogP contribution in [-0.4, -0.2) is 13.1 Å². The van der Waals surface area contributed by atoms with Crippen LogP contribution in [0.25, 0.3) is 0 Å². The lowest BCUT2D eigenvalue weighted by molar-refractivity contribution is 0.769. The predicted molar refractivity (Wildman–Crippen MR) is 40.3 cm³/mol. The van der Waals surface area contributed by atoms with Crippen LogP contribution in [0.5, 0.6) is 0 Å². The Bertz CT molecular complexity index is 159. The van der Waals surface area contributed by atoms with Crippen molar-refractivity contribution >= 4 is 0 Å². The second kappa shape index (κ2) is 2.19. The Kier molecular flexibility index (Phi) is 1.54. The number of piperidine rings is 1. The quantitative estimate of drug-likeness (QED) is 0.508. The van der Waals surface area contributed by atoms with Crippen molar-refractivity contribution in [1.29, 1.82) is 0 Å². The van der Waals surface area contributed by atoms with Crippen molar-refractivity contribution in [3.8, 4) is 0 Å². The molecule has 1 heteroatoms. The number of hydrogen-bond donors (Lipinski definition) is 1. The molecule has 1 aliphatic heterocycles. The van der Waals surface area contributed by atoms with Gasteiger partial charge in [0.25, 0.3) is 0 Å². The normalized spacial score (nSPS) is 20.7. The van der Waals surface area contributed by atoms with Gasteiger partial charge in [0.05, 0.1) is 0 Å². The molecule has 0 atom stereocenters. The summed E-state index contributed by atoms with van der Waals surface area (Å²) in [4.78, 5) is 0. The molecule has 0 bridgehead atoms. The summed E-state index contributed by atoms with van der Waals surface area (Å²) in [5.41, 5.74) is 3.14. The summed E-state index contributed by atoms with van der Waals surface area (Å²) in [6.45, 7) is 13.2. The molecule has 0 aromatic carbocycles. The first-order valence-electron chi connectivity index (χ1n) is 2.97. The molecule has 0 amide bonds. The summed E-state index contributed by atoms with van der Waals surface area (Å²) in [5, 5.41) is 3.15. The van der Waals surface area contributed by atoms with E-state index in [1.54, 1.807) is 0 Å². The van der Waals surface area contributed by atoms with Crippen LogP contribution < -0.4 is 5.32 Å². The van der Waals surface area contributed by atoms with Crippen LogP contribution in [0.15, 0.2) is 36.5 Å². The van der Waals surface area contributed by atoms with Crippen molar-refractivity contribution in [3.05, 3.63) is 36.5 Å². The zero-order valence-electron chi connectivity index (χ0n) is 5.54. The zero-order chi connectivity index (χ0) is 6.85. The van der Waals surface area contributed by atoms with Gasteiger partial charge >= 0.3 is 0 Å². The van der Waals surface area contributed by atoms with E-state index in [-0.39, 0.29) is 0 Å². The minimum atomic E-state index is 0.859. The second-order valence-corrected chi connectivity index (χ2v) is 2.29. The van der Waals surface area contributed by atoms with E-state index in [0.717, 1.165) is 29.8 Å². The Morgan fingerprint density at radius 2 is 1.44 bits per heavy atom. The average Bonchev–Trinajstić information content (AvgIpc) is 1.83. The fraction of sp³-hybridized carbons (Fsp3) is 0.250. The summed E-state index contributed by atoms with van der Waals surface area (Å²) >= 11 is 0. The highest BCUT2D eigenvalue weighted by atomic mass is 14.9. The van der Waals surface area contributed by atoms with E-state index in [9.17, 15) is 0 Å². The molecule has 0 saturated carbocycles. The lowest BCUT2D eigenvalue weighted by atomic mass is 9.99. The van der Waals surface area contributed by atoms with E-state index >= 15 is 0 Å². The SMILES string of the molecule is C=C1CNCC(=C)C1=C. The molecule has 1 N–H and O–H groups in total. The molecule has 48 valence electrons. The summed E-state index contributed by atoms with van der Waals surface area (Å²) in [6.07, 6.45) is 0. The van der Waals surface area contributed by atoms with Gasteiger partial charge in [-0.1, -0.05) is 19.7 Å². The molecule has 1 nitrogen and oxygen atoms in total. The van der Waals surface area contributed by atoms with Crippen molar-refractivity contribution in [2.45, 2.75) is 0 Å². The van der Waals surface area contributed by atoms with Gasteiger partial charge in [0.15, 0.2) is 0 Å². The monoisotopic (exact) mass is 121 g/mol. The first-order chi connectivity index (χ1) is 4.22. The summed E-state index contributed by atoms with van der Waals surface area (Å²) in [6, 6.07) is 0. The van der Waals surface area contributed by atoms with Gasteiger partial charge in [-0.15, -0.1) is 0 Å². The highest BCUT2D eigenvalue weighted by Crippen LogP contribution is 2.16. The van der Waals surface area contributed by atoms with Gasteiger partial charge in [-0.25, -0.2) is 0 Å². The van der Waals surface area contributed by atoms with E-state index in [0.29, 0.717) is 0 Å². The summed E-state index contributed by atoms with van der Waals surface area (Å²) < 4.78 is 0. The fourth-order valence-electron chi connectivity index (χ4n) is 0.828. The van der Waals surface area contributed by atoms with Crippen LogP contribution in [0.3, 0.4) is 0 Å². The third kappa shape index (κ3) is 1.11. The molecule has 0 aromatic rings. The molecule has 1 aliphatic rings. The molecule has 1 fully saturated rings. The third-order valence-electron chi connectivity index (χ3n) is 1.53. The van der Waals surface area contributed by atoms with Crippen molar-refractivity contribution in [3.63, 3.8) is 0 Å². The predicted octanol–water partition coefficient (Wildman–Crippen LogP) is 1.26. The van der Waals surface area contributed by atoms with Gasteiger partial charge in [0.2, 0.25) is 0 Å². The number of rotatable bonds is 0. The first kappa shape index (κ1) is 6.30. The van der Waals surface area contributed by atoms with Crippen molar-refractivity contribution < 1.29 is 0 Å². The van der Waals surface area contributed by atoms with Crippen LogP contribution in [0.4, 0.5) is 0 Å². The highest BCUT2D eigenvalue weighted by molar-refractivity contribution is 5.45. The number of nitrogens with one attached hydrogen (secondary N) is 1.